The van der Waals surface area contributed by atoms with Gasteiger partial charge in [0.05, 0.1) is 31.8 Å². The Kier molecular flexibility index (Phi) is 4.26. The molecule has 0 unspecified atom stereocenters. The van der Waals surface area contributed by atoms with Gasteiger partial charge in [-0.3, -0.25) is 8.97 Å². The highest BCUT2D eigenvalue weighted by Gasteiger charge is 2.23. The lowest BCUT2D eigenvalue weighted by Crippen LogP contribution is -2.22. The Morgan fingerprint density at radius 2 is 2.00 bits per heavy atom. The highest BCUT2D eigenvalue weighted by molar-refractivity contribution is 6.29. The van der Waals surface area contributed by atoms with Crippen LogP contribution in [-0.4, -0.2) is 33.6 Å². The van der Waals surface area contributed by atoms with E-state index < -0.39 is 11.7 Å². The predicted octanol–water partition coefficient (Wildman–Crippen LogP) is 2.32. The maximum Gasteiger partial charge on any atom is 0.357 e. The van der Waals surface area contributed by atoms with Crippen LogP contribution in [0.2, 0.25) is 5.15 Å². The summed E-state index contributed by atoms with van der Waals surface area (Å²) in [6.45, 7) is 1.88. The number of hydrogen-bond acceptors (Lipinski definition) is 5. The molecule has 2 heterocycles. The number of carbonyl (C=O) groups is 1. The Morgan fingerprint density at radius 3 is 2.62 bits per heavy atom. The minimum atomic E-state index is -0.614. The van der Waals surface area contributed by atoms with Gasteiger partial charge in [0.2, 0.25) is 0 Å². The van der Waals surface area contributed by atoms with Gasteiger partial charge in [0, 0.05) is 0 Å². The molecule has 2 aromatic heterocycles. The van der Waals surface area contributed by atoms with Crippen molar-refractivity contribution < 1.29 is 14.3 Å². The second kappa shape index (κ2) is 6.37. The normalized spacial score (nSPS) is 10.8. The van der Waals surface area contributed by atoms with E-state index in [0.29, 0.717) is 17.0 Å². The van der Waals surface area contributed by atoms with Gasteiger partial charge >= 0.3 is 11.7 Å². The maximum absolute atomic E-state index is 12.8. The van der Waals surface area contributed by atoms with E-state index in [2.05, 4.69) is 4.98 Å². The molecule has 0 saturated carbocycles. The monoisotopic (exact) mass is 347 g/mol. The van der Waals surface area contributed by atoms with Crippen LogP contribution in [0.4, 0.5) is 0 Å². The van der Waals surface area contributed by atoms with Crippen molar-refractivity contribution in [3.05, 3.63) is 58.0 Å². The fourth-order valence-corrected chi connectivity index (χ4v) is 2.56. The molecule has 0 spiro atoms. The first-order valence-corrected chi connectivity index (χ1v) is 7.54. The number of ether oxygens (including phenoxy) is 2. The molecule has 3 aromatic rings. The van der Waals surface area contributed by atoms with E-state index in [1.54, 1.807) is 38.3 Å². The zero-order valence-corrected chi connectivity index (χ0v) is 13.8. The SMILES string of the molecule is CCOC(=O)c1c2cnc(Cl)cn2c(=O)n1-c1ccc(OC)cc1. The zero-order valence-electron chi connectivity index (χ0n) is 13.0. The number of carbonyl (C=O) groups excluding carboxylic acids is 1. The van der Waals surface area contributed by atoms with E-state index in [-0.39, 0.29) is 17.5 Å². The van der Waals surface area contributed by atoms with Gasteiger partial charge in [-0.25, -0.2) is 14.6 Å². The van der Waals surface area contributed by atoms with Crippen LogP contribution in [0.5, 0.6) is 5.75 Å². The van der Waals surface area contributed by atoms with Crippen molar-refractivity contribution in [1.82, 2.24) is 14.0 Å². The molecule has 7 nitrogen and oxygen atoms in total. The van der Waals surface area contributed by atoms with Crippen molar-refractivity contribution in [1.29, 1.82) is 0 Å². The van der Waals surface area contributed by atoms with E-state index in [1.165, 1.54) is 21.4 Å². The third-order valence-corrected chi connectivity index (χ3v) is 3.66. The van der Waals surface area contributed by atoms with Crippen molar-refractivity contribution in [2.24, 2.45) is 0 Å². The van der Waals surface area contributed by atoms with Crippen molar-refractivity contribution in [3.63, 3.8) is 0 Å². The van der Waals surface area contributed by atoms with Crippen molar-refractivity contribution >= 4 is 23.1 Å². The largest absolute Gasteiger partial charge is 0.497 e. The van der Waals surface area contributed by atoms with Gasteiger partial charge in [0.15, 0.2) is 5.69 Å². The minimum absolute atomic E-state index is 0.0937. The van der Waals surface area contributed by atoms with E-state index in [1.807, 2.05) is 0 Å². The van der Waals surface area contributed by atoms with Crippen molar-refractivity contribution in [2.45, 2.75) is 6.92 Å². The summed E-state index contributed by atoms with van der Waals surface area (Å²) in [6, 6.07) is 6.75. The number of aromatic nitrogens is 3. The number of fused-ring (bicyclic) bond motifs is 1. The molecule has 3 rings (SSSR count). The molecule has 0 atom stereocenters. The molecule has 0 bridgehead atoms. The van der Waals surface area contributed by atoms with Gasteiger partial charge in [0.25, 0.3) is 0 Å². The van der Waals surface area contributed by atoms with Crippen molar-refractivity contribution in [2.75, 3.05) is 13.7 Å². The van der Waals surface area contributed by atoms with E-state index in [0.717, 1.165) is 0 Å². The molecule has 0 amide bonds. The second-order valence-corrected chi connectivity index (χ2v) is 5.24. The summed E-state index contributed by atoms with van der Waals surface area (Å²) in [5.41, 5.74) is 0.473. The summed E-state index contributed by atoms with van der Waals surface area (Å²) >= 11 is 5.87. The molecule has 0 saturated heterocycles. The van der Waals surface area contributed by atoms with Crippen LogP contribution in [0, 0.1) is 0 Å². The van der Waals surface area contributed by atoms with E-state index in [4.69, 9.17) is 21.1 Å². The van der Waals surface area contributed by atoms with Crippen molar-refractivity contribution in [3.8, 4) is 11.4 Å². The maximum atomic E-state index is 12.8. The van der Waals surface area contributed by atoms with Crippen LogP contribution in [-0.2, 0) is 4.74 Å². The summed E-state index contributed by atoms with van der Waals surface area (Å²) in [5, 5.41) is 0.145. The van der Waals surface area contributed by atoms with E-state index in [9.17, 15) is 9.59 Å². The highest BCUT2D eigenvalue weighted by Crippen LogP contribution is 2.20. The summed E-state index contributed by atoms with van der Waals surface area (Å²) in [7, 11) is 1.55. The standard InChI is InChI=1S/C16H14ClN3O4/c1-3-24-15(21)14-12-8-18-13(17)9-19(12)16(22)20(14)10-4-6-11(23-2)7-5-10/h4-9H,3H2,1-2H3. The molecule has 0 aliphatic carbocycles. The lowest BCUT2D eigenvalue weighted by Gasteiger charge is -2.07. The predicted molar refractivity (Wildman–Crippen MR) is 88.3 cm³/mol. The molecule has 1 aromatic carbocycles. The fraction of sp³-hybridized carbons (Fsp3) is 0.188. The zero-order chi connectivity index (χ0) is 17.3. The van der Waals surface area contributed by atoms with Gasteiger partial charge in [-0.1, -0.05) is 11.6 Å². The molecule has 0 aliphatic heterocycles. The number of nitrogens with zero attached hydrogens (tertiary/aromatic N) is 3. The van der Waals surface area contributed by atoms with Crippen LogP contribution < -0.4 is 10.4 Å². The quantitative estimate of drug-likeness (QED) is 0.677. The van der Waals surface area contributed by atoms with Gasteiger partial charge in [0.1, 0.15) is 16.4 Å². The van der Waals surface area contributed by atoms with Crippen LogP contribution in [0.15, 0.2) is 41.5 Å². The Hall–Kier alpha value is -2.80. The molecular formula is C16H14ClN3O4. The number of rotatable bonds is 4. The first kappa shape index (κ1) is 16.1. The number of halogens is 1. The lowest BCUT2D eigenvalue weighted by atomic mass is 10.3. The van der Waals surface area contributed by atoms with Crippen LogP contribution in [0.25, 0.3) is 11.2 Å². The third kappa shape index (κ3) is 2.63. The number of hydrogen-bond donors (Lipinski definition) is 0. The average molecular weight is 348 g/mol. The van der Waals surface area contributed by atoms with Gasteiger partial charge in [-0.05, 0) is 31.2 Å². The summed E-state index contributed by atoms with van der Waals surface area (Å²) in [5.74, 6) is 0.0231. The summed E-state index contributed by atoms with van der Waals surface area (Å²) in [6.07, 6.45) is 2.73. The Bertz CT molecular complexity index is 960. The number of benzene rings is 1. The fourth-order valence-electron chi connectivity index (χ4n) is 2.41. The lowest BCUT2D eigenvalue weighted by molar-refractivity contribution is 0.0519. The number of esters is 1. The van der Waals surface area contributed by atoms with Crippen LogP contribution in [0.1, 0.15) is 17.4 Å². The second-order valence-electron chi connectivity index (χ2n) is 4.85. The molecule has 0 radical (unpaired) electrons. The smallest absolute Gasteiger partial charge is 0.357 e. The molecule has 0 fully saturated rings. The minimum Gasteiger partial charge on any atom is -0.497 e. The Balaban J connectivity index is 2.31. The highest BCUT2D eigenvalue weighted by atomic mass is 35.5. The van der Waals surface area contributed by atoms with Gasteiger partial charge < -0.3 is 9.47 Å². The summed E-state index contributed by atoms with van der Waals surface area (Å²) < 4.78 is 12.7. The molecule has 8 heteroatoms. The Labute approximate surface area is 142 Å². The van der Waals surface area contributed by atoms with Gasteiger partial charge in [-0.15, -0.1) is 0 Å². The topological polar surface area (TPSA) is 74.8 Å². The van der Waals surface area contributed by atoms with Gasteiger partial charge in [-0.2, -0.15) is 0 Å². The number of imidazole rings is 1. The first-order chi connectivity index (χ1) is 11.6. The third-order valence-electron chi connectivity index (χ3n) is 3.47. The molecule has 0 aliphatic rings. The average Bonchev–Trinajstić information content (AvgIpc) is 2.88. The molecular weight excluding hydrogens is 334 g/mol. The molecule has 0 N–H and O–H groups in total. The molecule has 24 heavy (non-hydrogen) atoms. The summed E-state index contributed by atoms with van der Waals surface area (Å²) in [4.78, 5) is 29.1. The first-order valence-electron chi connectivity index (χ1n) is 7.17. The van der Waals surface area contributed by atoms with Crippen LogP contribution in [0.3, 0.4) is 0 Å². The number of methoxy groups -OCH3 is 1. The Morgan fingerprint density at radius 1 is 1.29 bits per heavy atom. The van der Waals surface area contributed by atoms with E-state index >= 15 is 0 Å². The van der Waals surface area contributed by atoms with Crippen LogP contribution >= 0.6 is 11.6 Å². The molecule has 124 valence electrons.